The molecule has 6 aromatic rings. The molecule has 11 heterocycles. The van der Waals surface area contributed by atoms with E-state index in [1.165, 1.54) is 23.5 Å². The third kappa shape index (κ3) is 38.9. The number of fused-ring (bicyclic) bond motifs is 3. The molecule has 8 aliphatic rings. The zero-order valence-electron chi connectivity index (χ0n) is 78.3. The van der Waals surface area contributed by atoms with Gasteiger partial charge in [-0.2, -0.15) is 15.0 Å². The van der Waals surface area contributed by atoms with Crippen molar-refractivity contribution in [2.45, 2.75) is 228 Å². The first kappa shape index (κ1) is 124. The third-order valence-electron chi connectivity index (χ3n) is 20.3. The number of nitrogens with zero attached hydrogens (tertiary/aromatic N) is 14. The third-order valence-corrected chi connectivity index (χ3v) is 21.3. The topological polar surface area (TPSA) is 412 Å². The summed E-state index contributed by atoms with van der Waals surface area (Å²) in [5, 5.41) is 54.3. The number of aromatic hydroxyl groups is 1. The molecule has 3 amide bonds. The molecule has 1 aliphatic carbocycles. The molecule has 0 unspecified atom stereocenters. The fourth-order valence-electron chi connectivity index (χ4n) is 14.2. The van der Waals surface area contributed by atoms with Crippen molar-refractivity contribution in [1.82, 2.24) is 54.6 Å². The van der Waals surface area contributed by atoms with Crippen molar-refractivity contribution in [2.75, 3.05) is 108 Å². The number of likely N-dealkylation sites (tertiary alicyclic amines) is 3. The van der Waals surface area contributed by atoms with Gasteiger partial charge in [-0.05, 0) is 156 Å². The van der Waals surface area contributed by atoms with Crippen molar-refractivity contribution in [3.63, 3.8) is 0 Å². The second kappa shape index (κ2) is 52.3. The number of hydrogen-bond donors (Lipinski definition) is 6. The van der Waals surface area contributed by atoms with E-state index in [4.69, 9.17) is 116 Å². The molecule has 56 heteroatoms. The summed E-state index contributed by atoms with van der Waals surface area (Å²) in [5.41, 5.74) is -0.540. The minimum atomic E-state index is -3.18. The predicted octanol–water partition coefficient (Wildman–Crippen LogP) is 12.0. The molecular weight excluding hydrogens is 2040 g/mol. The van der Waals surface area contributed by atoms with E-state index in [1.54, 1.807) is 93.6 Å². The van der Waals surface area contributed by atoms with Crippen molar-refractivity contribution in [3.8, 4) is 34.5 Å². The first-order valence-electron chi connectivity index (χ1n) is 41.7. The number of anilines is 3. The van der Waals surface area contributed by atoms with E-state index in [0.29, 0.717) is 41.0 Å². The van der Waals surface area contributed by atoms with E-state index >= 15 is 0 Å². The van der Waals surface area contributed by atoms with Crippen LogP contribution in [0.5, 0.6) is 34.5 Å². The van der Waals surface area contributed by atoms with Gasteiger partial charge in [0, 0.05) is 58.0 Å². The van der Waals surface area contributed by atoms with Gasteiger partial charge in [-0.15, -0.1) is 12.4 Å². The largest absolute Gasteiger partial charge is 1.00 e. The van der Waals surface area contributed by atoms with Gasteiger partial charge < -0.3 is 89.4 Å². The molecule has 7 atom stereocenters. The Bertz CT molecular complexity index is 5030. The number of carbonyl (C=O) groups is 5. The molecule has 2 aromatic carbocycles. The number of methoxy groups -OCH3 is 3. The van der Waals surface area contributed by atoms with Crippen molar-refractivity contribution >= 4 is 135 Å². The number of esters is 1. The van der Waals surface area contributed by atoms with E-state index in [2.05, 4.69) is 44.6 Å². The normalized spacial score (nSPS) is 21.3. The van der Waals surface area contributed by atoms with Gasteiger partial charge in [0.15, 0.2) is 63.0 Å². The van der Waals surface area contributed by atoms with E-state index in [9.17, 15) is 95.7 Å². The van der Waals surface area contributed by atoms with Gasteiger partial charge >= 0.3 is 49.1 Å². The second-order valence-corrected chi connectivity index (χ2v) is 36.9. The minimum absolute atomic E-state index is 0. The summed E-state index contributed by atoms with van der Waals surface area (Å²) in [6.45, 7) is 9.99. The number of ether oxygens (including phenoxy) is 9. The average molecular weight is 2150 g/mol. The molecule has 0 radical (unpaired) electrons. The Hall–Kier alpha value is -8.56. The zero-order valence-corrected chi connectivity index (χ0v) is 81.9. The van der Waals surface area contributed by atoms with Crippen molar-refractivity contribution < 1.29 is 179 Å². The van der Waals surface area contributed by atoms with E-state index in [0.717, 1.165) is 44.9 Å². The summed E-state index contributed by atoms with van der Waals surface area (Å²) in [6, 6.07) is 9.22. The first-order chi connectivity index (χ1) is 63.4. The number of halogens is 20. The fraction of sp³-hybridized carbons (Fsp3) is 0.607. The summed E-state index contributed by atoms with van der Waals surface area (Å²) < 4.78 is 230. The molecule has 14 rings (SSSR count). The summed E-state index contributed by atoms with van der Waals surface area (Å²) in [4.78, 5) is 93.7. The van der Waals surface area contributed by atoms with Crippen LogP contribution in [0.25, 0.3) is 0 Å². The molecule has 1 saturated carbocycles. The van der Waals surface area contributed by atoms with E-state index in [-0.39, 0.29) is 157 Å². The summed E-state index contributed by atoms with van der Waals surface area (Å²) >= 11 is 28.5. The monoisotopic (exact) mass is 2140 g/mol. The Balaban J connectivity index is 0.000000417. The van der Waals surface area contributed by atoms with Crippen LogP contribution in [0.15, 0.2) is 73.3 Å². The van der Waals surface area contributed by atoms with E-state index in [1.807, 2.05) is 36.4 Å². The number of amides is 3. The van der Waals surface area contributed by atoms with Crippen LogP contribution in [0, 0.1) is 5.92 Å². The minimum Gasteiger partial charge on any atom is -1.00 e. The zero-order chi connectivity index (χ0) is 103. The second-order valence-electron chi connectivity index (χ2n) is 35.2. The van der Waals surface area contributed by atoms with Gasteiger partial charge in [-0.3, -0.25) is 14.7 Å². The Morgan fingerprint density at radius 3 is 1.25 bits per heavy atom. The van der Waals surface area contributed by atoms with Crippen LogP contribution in [-0.2, 0) is 41.8 Å². The number of rotatable bonds is 16. The Kier molecular flexibility index (Phi) is 46.2. The fourth-order valence-corrected chi connectivity index (χ4v) is 14.9. The quantitative estimate of drug-likeness (QED) is 0.0131. The van der Waals surface area contributed by atoms with Crippen molar-refractivity contribution in [3.05, 3.63) is 111 Å². The van der Waals surface area contributed by atoms with Gasteiger partial charge in [-0.25, -0.2) is 110 Å². The van der Waals surface area contributed by atoms with Gasteiger partial charge in [0.05, 0.1) is 129 Å². The van der Waals surface area contributed by atoms with Crippen LogP contribution in [-0.4, -0.2) is 321 Å². The molecule has 7 fully saturated rings. The number of benzene rings is 2. The maximum Gasteiger partial charge on any atom is 1.00 e. The maximum absolute atomic E-state index is 13.8. The smallest absolute Gasteiger partial charge is 1.00 e. The van der Waals surface area contributed by atoms with Crippen LogP contribution in [0.2, 0.25) is 26.3 Å². The van der Waals surface area contributed by atoms with Crippen LogP contribution in [0.1, 0.15) is 133 Å². The number of hydrogen-bond acceptors (Lipinski definition) is 30. The molecule has 4 aromatic heterocycles. The number of carboxylic acids is 1. The SMILES string of the molecule is CC(C)(C)OC(=O)N1CC(F)(F)C[C@H]1C(=O)O.CC(C)(C)OC(=O)N1CC(F)(F)C[C@H]1CO.COC(=O)[C@@H]1CC(F)(F)CN1C(=O)OC(C)(C)C.COc1ccc(COc2cnc(Cl)nc2Cl)cc1.COc1ccc(COc2cnc(Cl)nc2N2CC(F)(F)C[C@H]2CO)cc1.Cl.FC1(F)C[C@H]2COc3cnc(Cl)nc3N2C1.OC[C@@H]1CC(F)(F)CN1c1nc(Cl)ncc1O.OC[C@H]1CCC(F)(F)C1.[AlH3].[H-].[Li+]. The molecule has 780 valence electrons. The van der Waals surface area contributed by atoms with E-state index < -0.39 is 203 Å². The number of aliphatic hydroxyl groups excluding tert-OH is 4. The molecule has 0 spiro atoms. The van der Waals surface area contributed by atoms with Crippen LogP contribution < -0.4 is 57.2 Å². The number of aromatic nitrogens is 8. The van der Waals surface area contributed by atoms with Gasteiger partial charge in [0.25, 0.3) is 35.5 Å². The van der Waals surface area contributed by atoms with Gasteiger partial charge in [-0.1, -0.05) is 35.9 Å². The molecule has 6 saturated heterocycles. The van der Waals surface area contributed by atoms with Crippen LogP contribution >= 0.6 is 70.4 Å². The predicted molar refractivity (Wildman–Crippen MR) is 485 cm³/mol. The average Bonchev–Trinajstić information content (AvgIpc) is 1.61. The summed E-state index contributed by atoms with van der Waals surface area (Å²) in [5.74, 6) is -20.1. The molecule has 0 bridgehead atoms. The Labute approximate surface area is 851 Å². The number of aliphatic hydroxyl groups is 4. The van der Waals surface area contributed by atoms with Crippen molar-refractivity contribution in [2.24, 2.45) is 5.92 Å². The number of carbonyl (C=O) groups excluding carboxylic acids is 4. The van der Waals surface area contributed by atoms with Crippen LogP contribution in [0.4, 0.5) is 93.3 Å². The number of carboxylic acid groups (broad SMARTS) is 1. The number of aliphatic carboxylic acids is 1. The van der Waals surface area contributed by atoms with Gasteiger partial charge in [0.2, 0.25) is 27.1 Å². The Morgan fingerprint density at radius 2 is 0.829 bits per heavy atom. The summed E-state index contributed by atoms with van der Waals surface area (Å²) in [6.07, 6.45) is -0.468. The van der Waals surface area contributed by atoms with Crippen LogP contribution in [0.3, 0.4) is 0 Å². The molecular formula is C84H110AlCl6F14LiN14O20. The first-order valence-corrected chi connectivity index (χ1v) is 43.6. The molecule has 140 heavy (non-hydrogen) atoms. The van der Waals surface area contributed by atoms with Gasteiger partial charge in [0.1, 0.15) is 60.2 Å². The molecule has 7 aliphatic heterocycles. The molecule has 6 N–H and O–H groups in total. The summed E-state index contributed by atoms with van der Waals surface area (Å²) in [7, 11) is 4.29. The maximum atomic E-state index is 13.8. The number of alkyl halides is 14. The Morgan fingerprint density at radius 1 is 0.457 bits per heavy atom. The van der Waals surface area contributed by atoms with Crippen molar-refractivity contribution in [1.29, 1.82) is 0 Å². The molecule has 34 nitrogen and oxygen atoms in total. The standard InChI is InChI=1S/C17H18ClF2N3O3.C12H10Cl2N2O2.C11H17F2NO4.C10H15F2NO4.C10H17F2NO3.C9H10ClF2N3O2.C9H8ClF2N3O.C6H10F2O.Al.ClH.Li.4H/c1-25-13-4-2-11(3-5-13)9-26-14-7-21-16(18)22-15(14)23-10-17(19,20)6-12(23)8-24;1-17-9-4-2-8(3-5-9)7-18-10-6-15-12(14)16-11(10)13;1-10(2,3)18-9(16)14-6-11(12,13)5-7(14)8(15)17-4;1-9(2,3)17-8(16)13-5-10(11,12)4-6(13)7(14)15;1-9(2,3)16-8(15)13-6-10(11,12)4-7(13)5-14;10-8-13-2-6(17)7(14-8)15-4-9(11,12)1-5(15)3-16;10-8-13-2-6-7(14-8)15-4-9(11,12)1-5(15)3-16-6;7-6(8)2-1-5(3-6)4-9;;;;;;;/h2-5,7,12,24H,6,8-10H2,1H3;2-6H,7H2,1H3;7H,5-6H2,1-4H3;6H,4-5H2,1-3H3,(H,14,15);7,14H,4-6H2,1-3H3;2,5,16-17H,1,3-4H2;2,5H,1,3-4H2;5,9H,1-4H2;;1H;;;;;/q;;;;;;;;;;+1;;;;-1/t12-;;7-;6-;7-;3*5-;;;;;;;/m0.000000......./s1.